The van der Waals surface area contributed by atoms with E-state index >= 15 is 0 Å². The molecule has 1 atom stereocenters. The van der Waals surface area contributed by atoms with Crippen LogP contribution in [0.25, 0.3) is 0 Å². The summed E-state index contributed by atoms with van der Waals surface area (Å²) >= 11 is 0. The molecule has 5 aliphatic rings. The van der Waals surface area contributed by atoms with Crippen molar-refractivity contribution in [1.82, 2.24) is 10.6 Å². The lowest BCUT2D eigenvalue weighted by Crippen LogP contribution is -2.53. The number of carbonyl (C=O) groups is 2. The first-order valence-electron chi connectivity index (χ1n) is 9.62. The molecule has 4 bridgehead atoms. The minimum atomic E-state index is -0.0907. The van der Waals surface area contributed by atoms with Gasteiger partial charge in [0.25, 0.3) is 0 Å². The summed E-state index contributed by atoms with van der Waals surface area (Å²) < 4.78 is 0. The zero-order valence-corrected chi connectivity index (χ0v) is 14.3. The predicted molar refractivity (Wildman–Crippen MR) is 88.6 cm³/mol. The van der Waals surface area contributed by atoms with Crippen molar-refractivity contribution >= 4 is 11.8 Å². The van der Waals surface area contributed by atoms with Gasteiger partial charge >= 0.3 is 0 Å². The molecule has 1 unspecified atom stereocenters. The van der Waals surface area contributed by atoms with Gasteiger partial charge in [-0.1, -0.05) is 0 Å². The van der Waals surface area contributed by atoms with Gasteiger partial charge in [-0.2, -0.15) is 0 Å². The average molecular weight is 318 g/mol. The van der Waals surface area contributed by atoms with E-state index in [0.29, 0.717) is 24.9 Å². The van der Waals surface area contributed by atoms with Crippen LogP contribution < -0.4 is 10.6 Å². The molecule has 5 fully saturated rings. The van der Waals surface area contributed by atoms with Crippen molar-refractivity contribution in [3.05, 3.63) is 0 Å². The molecule has 5 aliphatic carbocycles. The number of carbonyl (C=O) groups excluding carboxylic acids is 2. The molecule has 0 aromatic carbocycles. The maximum absolute atomic E-state index is 12.8. The first kappa shape index (κ1) is 15.5. The minimum Gasteiger partial charge on any atom is -0.355 e. The highest BCUT2D eigenvalue weighted by Gasteiger charge is 2.54. The van der Waals surface area contributed by atoms with E-state index in [1.165, 1.54) is 32.1 Å². The van der Waals surface area contributed by atoms with Crippen LogP contribution in [0.15, 0.2) is 0 Å². The molecule has 0 radical (unpaired) electrons. The van der Waals surface area contributed by atoms with Crippen LogP contribution in [-0.2, 0) is 9.59 Å². The van der Waals surface area contributed by atoms with Crippen molar-refractivity contribution in [2.75, 3.05) is 6.54 Å². The standard InChI is InChI=1S/C19H30N2O2/c1-12(16-2-3-16)21-17(22)4-5-20-18(23)19-9-13-6-14(10-19)8-15(7-13)11-19/h12-16H,2-11H2,1H3,(H,20,23)(H,21,22). The highest BCUT2D eigenvalue weighted by Crippen LogP contribution is 2.60. The second-order valence-corrected chi connectivity index (χ2v) is 8.90. The van der Waals surface area contributed by atoms with E-state index in [-0.39, 0.29) is 17.2 Å². The molecule has 4 nitrogen and oxygen atoms in total. The second-order valence-electron chi connectivity index (χ2n) is 8.90. The van der Waals surface area contributed by atoms with Crippen molar-refractivity contribution in [1.29, 1.82) is 0 Å². The molecule has 0 saturated heterocycles. The molecule has 5 saturated carbocycles. The number of nitrogens with one attached hydrogen (secondary N) is 2. The summed E-state index contributed by atoms with van der Waals surface area (Å²) in [6.45, 7) is 2.58. The van der Waals surface area contributed by atoms with Gasteiger partial charge in [-0.15, -0.1) is 0 Å². The van der Waals surface area contributed by atoms with Gasteiger partial charge < -0.3 is 10.6 Å². The third-order valence-electron chi connectivity index (χ3n) is 6.88. The van der Waals surface area contributed by atoms with Gasteiger partial charge in [-0.25, -0.2) is 0 Å². The van der Waals surface area contributed by atoms with Crippen molar-refractivity contribution in [2.24, 2.45) is 29.1 Å². The van der Waals surface area contributed by atoms with Crippen LogP contribution in [0, 0.1) is 29.1 Å². The number of hydrogen-bond donors (Lipinski definition) is 2. The molecular weight excluding hydrogens is 288 g/mol. The molecule has 0 heterocycles. The Labute approximate surface area is 139 Å². The van der Waals surface area contributed by atoms with Crippen LogP contribution >= 0.6 is 0 Å². The maximum Gasteiger partial charge on any atom is 0.226 e. The summed E-state index contributed by atoms with van der Waals surface area (Å²) in [5.41, 5.74) is -0.0907. The van der Waals surface area contributed by atoms with Crippen molar-refractivity contribution in [3.8, 4) is 0 Å². The van der Waals surface area contributed by atoms with Crippen molar-refractivity contribution in [3.63, 3.8) is 0 Å². The first-order chi connectivity index (χ1) is 11.0. The molecule has 2 amide bonds. The van der Waals surface area contributed by atoms with Crippen LogP contribution in [0.2, 0.25) is 0 Å². The molecule has 2 N–H and O–H groups in total. The van der Waals surface area contributed by atoms with E-state index in [9.17, 15) is 9.59 Å². The summed E-state index contributed by atoms with van der Waals surface area (Å²) in [7, 11) is 0. The molecule has 0 aliphatic heterocycles. The summed E-state index contributed by atoms with van der Waals surface area (Å²) in [5, 5.41) is 6.15. The Morgan fingerprint density at radius 1 is 1.04 bits per heavy atom. The van der Waals surface area contributed by atoms with Gasteiger partial charge in [0, 0.05) is 24.4 Å². The highest BCUT2D eigenvalue weighted by molar-refractivity contribution is 5.84. The van der Waals surface area contributed by atoms with Gasteiger partial charge in [0.05, 0.1) is 0 Å². The summed E-state index contributed by atoms with van der Waals surface area (Å²) in [5.74, 6) is 3.36. The van der Waals surface area contributed by atoms with E-state index in [2.05, 4.69) is 17.6 Å². The molecule has 128 valence electrons. The Bertz CT molecular complexity index is 462. The van der Waals surface area contributed by atoms with E-state index in [4.69, 9.17) is 0 Å². The molecular formula is C19H30N2O2. The van der Waals surface area contributed by atoms with Crippen molar-refractivity contribution in [2.45, 2.75) is 70.8 Å². The third-order valence-corrected chi connectivity index (χ3v) is 6.88. The molecule has 4 heteroatoms. The first-order valence-corrected chi connectivity index (χ1v) is 9.62. The van der Waals surface area contributed by atoms with Gasteiger partial charge in [0.2, 0.25) is 11.8 Å². The maximum atomic E-state index is 12.8. The predicted octanol–water partition coefficient (Wildman–Crippen LogP) is 2.62. The summed E-state index contributed by atoms with van der Waals surface area (Å²) in [4.78, 5) is 24.7. The third kappa shape index (κ3) is 3.14. The van der Waals surface area contributed by atoms with Crippen molar-refractivity contribution < 1.29 is 9.59 Å². The zero-order chi connectivity index (χ0) is 16.0. The van der Waals surface area contributed by atoms with Gasteiger partial charge in [-0.05, 0) is 82.0 Å². The Hall–Kier alpha value is -1.06. The SMILES string of the molecule is CC(NC(=O)CCNC(=O)C12CC3CC(CC(C3)C1)C2)C1CC1. The van der Waals surface area contributed by atoms with Gasteiger partial charge in [0.1, 0.15) is 0 Å². The van der Waals surface area contributed by atoms with E-state index in [1.54, 1.807) is 0 Å². The number of rotatable bonds is 6. The summed E-state index contributed by atoms with van der Waals surface area (Å²) in [6.07, 6.45) is 10.2. The summed E-state index contributed by atoms with van der Waals surface area (Å²) in [6, 6.07) is 0.293. The quantitative estimate of drug-likeness (QED) is 0.791. The van der Waals surface area contributed by atoms with Crippen LogP contribution in [0.3, 0.4) is 0 Å². The van der Waals surface area contributed by atoms with Gasteiger partial charge in [0.15, 0.2) is 0 Å². The van der Waals surface area contributed by atoms with E-state index in [1.807, 2.05) is 0 Å². The normalized spacial score (nSPS) is 39.1. The second kappa shape index (κ2) is 5.78. The fraction of sp³-hybridized carbons (Fsp3) is 0.895. The molecule has 5 rings (SSSR count). The van der Waals surface area contributed by atoms with Crippen LogP contribution in [0.4, 0.5) is 0 Å². The monoisotopic (exact) mass is 318 g/mol. The van der Waals surface area contributed by atoms with Gasteiger partial charge in [-0.3, -0.25) is 9.59 Å². The molecule has 0 aromatic rings. The Balaban J connectivity index is 1.25. The zero-order valence-electron chi connectivity index (χ0n) is 14.3. The lowest BCUT2D eigenvalue weighted by Gasteiger charge is -2.55. The average Bonchev–Trinajstić information content (AvgIpc) is 3.30. The fourth-order valence-corrected chi connectivity index (χ4v) is 5.91. The minimum absolute atomic E-state index is 0.0789. The van der Waals surface area contributed by atoms with E-state index in [0.717, 1.165) is 37.0 Å². The Kier molecular flexibility index (Phi) is 3.89. The van der Waals surface area contributed by atoms with Crippen LogP contribution in [0.1, 0.15) is 64.7 Å². The molecule has 23 heavy (non-hydrogen) atoms. The largest absolute Gasteiger partial charge is 0.355 e. The number of hydrogen-bond acceptors (Lipinski definition) is 2. The number of amides is 2. The van der Waals surface area contributed by atoms with Crippen LogP contribution in [0.5, 0.6) is 0 Å². The van der Waals surface area contributed by atoms with E-state index < -0.39 is 0 Å². The fourth-order valence-electron chi connectivity index (χ4n) is 5.91. The smallest absolute Gasteiger partial charge is 0.226 e. The Morgan fingerprint density at radius 2 is 1.61 bits per heavy atom. The lowest BCUT2D eigenvalue weighted by molar-refractivity contribution is -0.146. The molecule has 0 spiro atoms. The Morgan fingerprint density at radius 3 is 2.13 bits per heavy atom. The highest BCUT2D eigenvalue weighted by atomic mass is 16.2. The van der Waals surface area contributed by atoms with Crippen LogP contribution in [-0.4, -0.2) is 24.4 Å². The lowest BCUT2D eigenvalue weighted by atomic mass is 9.49. The topological polar surface area (TPSA) is 58.2 Å². The molecule has 0 aromatic heterocycles.